The summed E-state index contributed by atoms with van der Waals surface area (Å²) in [4.78, 5) is 11.0. The second-order valence-corrected chi connectivity index (χ2v) is 3.88. The van der Waals surface area contributed by atoms with Gasteiger partial charge in [-0.15, -0.1) is 0 Å². The molecule has 2 nitrogen and oxygen atoms in total. The molecule has 0 aliphatic rings. The largest absolute Gasteiger partial charge is 0.458 e. The Hall–Kier alpha value is -1.47. The van der Waals surface area contributed by atoms with E-state index in [-0.39, 0.29) is 32.8 Å². The molecule has 0 heterocycles. The number of hydrogen-bond acceptors (Lipinski definition) is 2. The fourth-order valence-electron chi connectivity index (χ4n) is 1.68. The van der Waals surface area contributed by atoms with Gasteiger partial charge in [0.05, 0.1) is 0 Å². The standard InChI is InChI=1S/C16H14O2.Zr/c1-2-16(17)18-12-13-7-6-10-15(11-13)14-8-4-3-5-9-14;/h2-11H,1,12H2;. The van der Waals surface area contributed by atoms with E-state index in [4.69, 9.17) is 4.74 Å². The van der Waals surface area contributed by atoms with Crippen LogP contribution < -0.4 is 0 Å². The number of carbonyl (C=O) groups is 1. The summed E-state index contributed by atoms with van der Waals surface area (Å²) in [6.07, 6.45) is 1.17. The molecule has 0 aromatic heterocycles. The predicted molar refractivity (Wildman–Crippen MR) is 71.9 cm³/mol. The van der Waals surface area contributed by atoms with Gasteiger partial charge in [0.15, 0.2) is 0 Å². The second-order valence-electron chi connectivity index (χ2n) is 3.88. The molecule has 0 aliphatic carbocycles. The molecule has 0 amide bonds. The number of hydrogen-bond donors (Lipinski definition) is 0. The van der Waals surface area contributed by atoms with Crippen molar-refractivity contribution in [1.82, 2.24) is 0 Å². The fourth-order valence-corrected chi connectivity index (χ4v) is 1.68. The van der Waals surface area contributed by atoms with Crippen molar-refractivity contribution in [2.45, 2.75) is 6.61 Å². The molecule has 0 atom stereocenters. The number of rotatable bonds is 4. The molecular weight excluding hydrogens is 315 g/mol. The zero-order valence-electron chi connectivity index (χ0n) is 10.5. The Balaban J connectivity index is 0.00000180. The van der Waals surface area contributed by atoms with Crippen LogP contribution in [0.1, 0.15) is 5.56 Å². The molecule has 94 valence electrons. The van der Waals surface area contributed by atoms with Crippen LogP contribution in [-0.2, 0) is 42.3 Å². The van der Waals surface area contributed by atoms with E-state index in [9.17, 15) is 4.79 Å². The molecule has 0 spiro atoms. The van der Waals surface area contributed by atoms with Crippen LogP contribution in [0.15, 0.2) is 67.3 Å². The fraction of sp³-hybridized carbons (Fsp3) is 0.0625. The Bertz CT molecular complexity index is 550. The average molecular weight is 330 g/mol. The summed E-state index contributed by atoms with van der Waals surface area (Å²) in [7, 11) is 0. The first-order chi connectivity index (χ1) is 8.79. The Morgan fingerprint density at radius 2 is 1.74 bits per heavy atom. The Morgan fingerprint density at radius 1 is 1.05 bits per heavy atom. The summed E-state index contributed by atoms with van der Waals surface area (Å²) >= 11 is 0. The summed E-state index contributed by atoms with van der Waals surface area (Å²) in [5.41, 5.74) is 3.23. The van der Waals surface area contributed by atoms with Gasteiger partial charge in [0.25, 0.3) is 0 Å². The van der Waals surface area contributed by atoms with Gasteiger partial charge < -0.3 is 4.74 Å². The van der Waals surface area contributed by atoms with E-state index in [1.165, 1.54) is 6.08 Å². The van der Waals surface area contributed by atoms with Gasteiger partial charge in [0.2, 0.25) is 0 Å². The van der Waals surface area contributed by atoms with Crippen LogP contribution in [0.4, 0.5) is 0 Å². The first-order valence-corrected chi connectivity index (χ1v) is 5.73. The number of benzene rings is 2. The molecule has 0 radical (unpaired) electrons. The molecule has 0 N–H and O–H groups in total. The molecule has 2 aromatic rings. The monoisotopic (exact) mass is 328 g/mol. The van der Waals surface area contributed by atoms with Gasteiger partial charge in [-0.25, -0.2) is 4.79 Å². The van der Waals surface area contributed by atoms with E-state index in [2.05, 4.69) is 18.7 Å². The predicted octanol–water partition coefficient (Wildman–Crippen LogP) is 3.58. The van der Waals surface area contributed by atoms with Gasteiger partial charge in [-0.3, -0.25) is 0 Å². The topological polar surface area (TPSA) is 26.3 Å². The molecule has 0 unspecified atom stereocenters. The van der Waals surface area contributed by atoms with Crippen LogP contribution in [-0.4, -0.2) is 5.97 Å². The first kappa shape index (κ1) is 15.6. The van der Waals surface area contributed by atoms with Crippen molar-refractivity contribution in [3.8, 4) is 11.1 Å². The van der Waals surface area contributed by atoms with Crippen LogP contribution in [0.3, 0.4) is 0 Å². The number of esters is 1. The van der Waals surface area contributed by atoms with Crippen molar-refractivity contribution >= 4 is 5.97 Å². The van der Waals surface area contributed by atoms with Gasteiger partial charge in [0, 0.05) is 32.3 Å². The summed E-state index contributed by atoms with van der Waals surface area (Å²) in [6.45, 7) is 3.63. The van der Waals surface area contributed by atoms with Crippen LogP contribution >= 0.6 is 0 Å². The van der Waals surface area contributed by atoms with Crippen LogP contribution in [0.5, 0.6) is 0 Å². The smallest absolute Gasteiger partial charge is 0.330 e. The minimum Gasteiger partial charge on any atom is -0.458 e. The summed E-state index contributed by atoms with van der Waals surface area (Å²) < 4.78 is 5.01. The molecule has 0 bridgehead atoms. The van der Waals surface area contributed by atoms with Crippen molar-refractivity contribution in [3.63, 3.8) is 0 Å². The summed E-state index contributed by atoms with van der Waals surface area (Å²) in [6, 6.07) is 18.0. The molecule has 3 heteroatoms. The quantitative estimate of drug-likeness (QED) is 0.633. The van der Waals surface area contributed by atoms with E-state index >= 15 is 0 Å². The van der Waals surface area contributed by atoms with Gasteiger partial charge in [-0.05, 0) is 22.8 Å². The van der Waals surface area contributed by atoms with Crippen molar-refractivity contribution in [2.24, 2.45) is 0 Å². The maximum Gasteiger partial charge on any atom is 0.330 e. The normalized spacial score (nSPS) is 9.26. The SMILES string of the molecule is C=CC(=O)OCc1cccc(-c2ccccc2)c1.[Zr]. The van der Waals surface area contributed by atoms with Gasteiger partial charge in [0.1, 0.15) is 6.61 Å². The Morgan fingerprint density at radius 3 is 2.42 bits per heavy atom. The van der Waals surface area contributed by atoms with E-state index in [0.29, 0.717) is 0 Å². The average Bonchev–Trinajstić information content (AvgIpc) is 2.46. The zero-order chi connectivity index (χ0) is 12.8. The van der Waals surface area contributed by atoms with Gasteiger partial charge in [-0.2, -0.15) is 0 Å². The van der Waals surface area contributed by atoms with Crippen molar-refractivity contribution in [3.05, 3.63) is 72.8 Å². The molecular formula is C16H14O2Zr. The maximum absolute atomic E-state index is 11.0. The van der Waals surface area contributed by atoms with Gasteiger partial charge in [-0.1, -0.05) is 55.1 Å². The minimum absolute atomic E-state index is 0. The maximum atomic E-state index is 11.0. The molecule has 0 fully saturated rings. The van der Waals surface area contributed by atoms with Gasteiger partial charge >= 0.3 is 5.97 Å². The van der Waals surface area contributed by atoms with E-state index in [1.807, 2.05) is 42.5 Å². The molecule has 2 rings (SSSR count). The Labute approximate surface area is 132 Å². The van der Waals surface area contributed by atoms with E-state index in [0.717, 1.165) is 16.7 Å². The molecule has 19 heavy (non-hydrogen) atoms. The van der Waals surface area contributed by atoms with E-state index in [1.54, 1.807) is 0 Å². The second kappa shape index (κ2) is 7.86. The van der Waals surface area contributed by atoms with Crippen LogP contribution in [0.2, 0.25) is 0 Å². The molecule has 0 aliphatic heterocycles. The molecule has 0 saturated carbocycles. The number of carbonyl (C=O) groups excluding carboxylic acids is 1. The third-order valence-electron chi connectivity index (χ3n) is 2.58. The third kappa shape index (κ3) is 4.61. The first-order valence-electron chi connectivity index (χ1n) is 5.73. The van der Waals surface area contributed by atoms with Crippen molar-refractivity contribution in [1.29, 1.82) is 0 Å². The summed E-state index contributed by atoms with van der Waals surface area (Å²) in [5, 5.41) is 0. The molecule has 2 aromatic carbocycles. The minimum atomic E-state index is -0.403. The summed E-state index contributed by atoms with van der Waals surface area (Å²) in [5.74, 6) is -0.403. The van der Waals surface area contributed by atoms with E-state index < -0.39 is 5.97 Å². The van der Waals surface area contributed by atoms with Crippen LogP contribution in [0.25, 0.3) is 11.1 Å². The third-order valence-corrected chi connectivity index (χ3v) is 2.58. The van der Waals surface area contributed by atoms with Crippen molar-refractivity contribution in [2.75, 3.05) is 0 Å². The van der Waals surface area contributed by atoms with Crippen LogP contribution in [0, 0.1) is 0 Å². The number of ether oxygens (including phenoxy) is 1. The van der Waals surface area contributed by atoms with Crippen molar-refractivity contribution < 1.29 is 35.7 Å². The Kier molecular flexibility index (Phi) is 6.45. The zero-order valence-corrected chi connectivity index (χ0v) is 13.0. The molecule has 0 saturated heterocycles.